The van der Waals surface area contributed by atoms with Crippen LogP contribution in [0.1, 0.15) is 51.9 Å². The molecule has 0 aliphatic rings. The normalized spacial score (nSPS) is 13.0. The summed E-state index contributed by atoms with van der Waals surface area (Å²) in [5.74, 6) is -1.78. The molecular weight excluding hydrogens is 371 g/mol. The molecule has 0 heterocycles. The molecule has 0 unspecified atom stereocenters. The van der Waals surface area contributed by atoms with Crippen LogP contribution in [-0.2, 0) is 0 Å². The van der Waals surface area contributed by atoms with E-state index in [1.807, 2.05) is 0 Å². The van der Waals surface area contributed by atoms with Crippen LogP contribution in [0.3, 0.4) is 0 Å². The van der Waals surface area contributed by atoms with E-state index in [1.165, 1.54) is 6.07 Å². The highest BCUT2D eigenvalue weighted by molar-refractivity contribution is 6.78. The van der Waals surface area contributed by atoms with Gasteiger partial charge in [-0.2, -0.15) is 13.2 Å². The lowest BCUT2D eigenvalue weighted by Crippen LogP contribution is -2.50. The van der Waals surface area contributed by atoms with Crippen LogP contribution in [0.25, 0.3) is 0 Å². The van der Waals surface area contributed by atoms with E-state index in [4.69, 9.17) is 21.8 Å². The summed E-state index contributed by atoms with van der Waals surface area (Å²) >= 11 is 6.14. The third-order valence-electron chi connectivity index (χ3n) is 4.60. The second-order valence-corrected chi connectivity index (χ2v) is 12.9. The summed E-state index contributed by atoms with van der Waals surface area (Å²) in [5, 5.41) is -0.0411. The van der Waals surface area contributed by atoms with E-state index in [1.54, 1.807) is 0 Å². The van der Waals surface area contributed by atoms with Gasteiger partial charge < -0.3 is 10.2 Å². The zero-order valence-electron chi connectivity index (χ0n) is 15.3. The molecular formula is C17H25ClF3NO2Si. The summed E-state index contributed by atoms with van der Waals surface area (Å²) in [6, 6.07) is 2.18. The lowest BCUT2D eigenvalue weighted by atomic mass is 10.1. The average Bonchev–Trinajstić information content (AvgIpc) is 2.44. The number of alkyl halides is 3. The Labute approximate surface area is 152 Å². The van der Waals surface area contributed by atoms with Crippen molar-refractivity contribution in [3.8, 4) is 5.75 Å². The summed E-state index contributed by atoms with van der Waals surface area (Å²) in [4.78, 5) is 11.5. The topological polar surface area (TPSA) is 52.3 Å². The maximum Gasteiger partial charge on any atom is 0.454 e. The minimum Gasteiger partial charge on any atom is -0.542 e. The molecule has 0 radical (unpaired) electrons. The van der Waals surface area contributed by atoms with Crippen molar-refractivity contribution in [1.82, 2.24) is 0 Å². The highest BCUT2D eigenvalue weighted by atomic mass is 35.5. The van der Waals surface area contributed by atoms with Gasteiger partial charge >= 0.3 is 6.18 Å². The number of rotatable bonds is 6. The number of anilines is 1. The van der Waals surface area contributed by atoms with Gasteiger partial charge in [-0.3, -0.25) is 4.79 Å². The van der Waals surface area contributed by atoms with E-state index < -0.39 is 25.8 Å². The van der Waals surface area contributed by atoms with Crippen LogP contribution in [0.15, 0.2) is 12.1 Å². The third-order valence-corrected chi connectivity index (χ3v) is 10.9. The van der Waals surface area contributed by atoms with Crippen LogP contribution in [-0.4, -0.2) is 20.3 Å². The molecule has 0 aromatic heterocycles. The van der Waals surface area contributed by atoms with Crippen LogP contribution in [0, 0.1) is 0 Å². The third kappa shape index (κ3) is 4.31. The highest BCUT2D eigenvalue weighted by Gasteiger charge is 2.47. The molecule has 0 fully saturated rings. The van der Waals surface area contributed by atoms with Gasteiger partial charge in [-0.1, -0.05) is 53.1 Å². The van der Waals surface area contributed by atoms with Crippen molar-refractivity contribution in [2.45, 2.75) is 64.3 Å². The van der Waals surface area contributed by atoms with E-state index in [-0.39, 0.29) is 33.1 Å². The fourth-order valence-corrected chi connectivity index (χ4v) is 9.06. The van der Waals surface area contributed by atoms with Crippen molar-refractivity contribution in [1.29, 1.82) is 0 Å². The Hall–Kier alpha value is -1.21. The molecule has 25 heavy (non-hydrogen) atoms. The smallest absolute Gasteiger partial charge is 0.454 e. The zero-order chi connectivity index (χ0) is 19.7. The Morgan fingerprint density at radius 3 is 1.88 bits per heavy atom. The predicted octanol–water partition coefficient (Wildman–Crippen LogP) is 6.22. The van der Waals surface area contributed by atoms with Gasteiger partial charge in [0.15, 0.2) is 0 Å². The molecule has 0 bridgehead atoms. The number of hydrogen-bond donors (Lipinski definition) is 1. The summed E-state index contributed by atoms with van der Waals surface area (Å²) in [5.41, 5.74) is 5.50. The molecule has 0 aliphatic carbocycles. The molecule has 1 aromatic carbocycles. The average molecular weight is 396 g/mol. The van der Waals surface area contributed by atoms with E-state index in [9.17, 15) is 18.0 Å². The number of halogens is 4. The number of nitrogens with two attached hydrogens (primary N) is 1. The monoisotopic (exact) mass is 395 g/mol. The Morgan fingerprint density at radius 1 is 1.08 bits per heavy atom. The Balaban J connectivity index is 3.41. The van der Waals surface area contributed by atoms with Gasteiger partial charge in [0.05, 0.1) is 10.6 Å². The zero-order valence-corrected chi connectivity index (χ0v) is 17.0. The Kier molecular flexibility index (Phi) is 6.61. The first-order chi connectivity index (χ1) is 11.2. The molecule has 1 aromatic rings. The van der Waals surface area contributed by atoms with Crippen molar-refractivity contribution in [2.75, 3.05) is 5.73 Å². The summed E-state index contributed by atoms with van der Waals surface area (Å²) in [6.45, 7) is 12.4. The van der Waals surface area contributed by atoms with Crippen LogP contribution in [0.4, 0.5) is 18.9 Å². The van der Waals surface area contributed by atoms with Crippen LogP contribution >= 0.6 is 11.6 Å². The van der Waals surface area contributed by atoms with Crippen molar-refractivity contribution < 1.29 is 22.4 Å². The lowest BCUT2D eigenvalue weighted by Gasteiger charge is -2.42. The van der Waals surface area contributed by atoms with Crippen molar-refractivity contribution in [3.63, 3.8) is 0 Å². The molecule has 0 aliphatic heterocycles. The molecule has 0 saturated carbocycles. The van der Waals surface area contributed by atoms with E-state index in [0.717, 1.165) is 6.07 Å². The van der Waals surface area contributed by atoms with E-state index in [2.05, 4.69) is 41.5 Å². The lowest BCUT2D eigenvalue weighted by molar-refractivity contribution is -0.0884. The second-order valence-electron chi connectivity index (χ2n) is 7.12. The molecule has 0 spiro atoms. The summed E-state index contributed by atoms with van der Waals surface area (Å²) < 4.78 is 44.3. The van der Waals surface area contributed by atoms with Gasteiger partial charge in [0.2, 0.25) is 0 Å². The minimum atomic E-state index is -5.01. The number of ketones is 1. The first-order valence-corrected chi connectivity index (χ1v) is 10.7. The second kappa shape index (κ2) is 7.58. The minimum absolute atomic E-state index is 0.0411. The maximum atomic E-state index is 12.7. The molecule has 8 heteroatoms. The molecule has 142 valence electrons. The van der Waals surface area contributed by atoms with Crippen LogP contribution in [0.2, 0.25) is 21.6 Å². The maximum absolute atomic E-state index is 12.7. The SMILES string of the molecule is CC(C)[Si](Oc1cc(N)c(C(=O)C(F)(F)F)cc1Cl)(C(C)C)C(C)C. The summed E-state index contributed by atoms with van der Waals surface area (Å²) in [6.07, 6.45) is -5.01. The molecule has 3 nitrogen and oxygen atoms in total. The molecule has 1 rings (SSSR count). The van der Waals surface area contributed by atoms with Gasteiger partial charge in [0.25, 0.3) is 14.1 Å². The highest BCUT2D eigenvalue weighted by Crippen LogP contribution is 2.45. The number of carbonyl (C=O) groups is 1. The van der Waals surface area contributed by atoms with Gasteiger partial charge in [-0.25, -0.2) is 0 Å². The predicted molar refractivity (Wildman–Crippen MR) is 97.9 cm³/mol. The molecule has 0 amide bonds. The van der Waals surface area contributed by atoms with Crippen molar-refractivity contribution >= 4 is 31.4 Å². The van der Waals surface area contributed by atoms with Crippen molar-refractivity contribution in [3.05, 3.63) is 22.7 Å². The number of hydrogen-bond acceptors (Lipinski definition) is 3. The van der Waals surface area contributed by atoms with Gasteiger partial charge in [-0.15, -0.1) is 0 Å². The standard InChI is InChI=1S/C17H25ClF3NO2Si/c1-9(2)25(10(3)4,11(5)6)24-15-8-14(22)12(7-13(15)18)16(23)17(19,20)21/h7-11H,22H2,1-6H3. The first-order valence-electron chi connectivity index (χ1n) is 8.14. The number of nitrogen functional groups attached to an aromatic ring is 1. The number of Topliss-reactive ketones (excluding diaryl/α,β-unsaturated/α-hetero) is 1. The first kappa shape index (κ1) is 21.8. The number of benzene rings is 1. The van der Waals surface area contributed by atoms with E-state index >= 15 is 0 Å². The van der Waals surface area contributed by atoms with Gasteiger partial charge in [0, 0.05) is 11.8 Å². The van der Waals surface area contributed by atoms with Crippen molar-refractivity contribution in [2.24, 2.45) is 0 Å². The summed E-state index contributed by atoms with van der Waals surface area (Å²) in [7, 11) is -2.35. The van der Waals surface area contributed by atoms with Crippen LogP contribution < -0.4 is 10.2 Å². The Morgan fingerprint density at radius 2 is 1.52 bits per heavy atom. The fraction of sp³-hybridized carbons (Fsp3) is 0.588. The van der Waals surface area contributed by atoms with Crippen LogP contribution in [0.5, 0.6) is 5.75 Å². The largest absolute Gasteiger partial charge is 0.542 e. The Bertz CT molecular complexity index is 624. The molecule has 0 saturated heterocycles. The van der Waals surface area contributed by atoms with Gasteiger partial charge in [-0.05, 0) is 22.7 Å². The quantitative estimate of drug-likeness (QED) is 0.353. The molecule has 2 N–H and O–H groups in total. The number of carbonyl (C=O) groups excluding carboxylic acids is 1. The van der Waals surface area contributed by atoms with E-state index in [0.29, 0.717) is 0 Å². The molecule has 0 atom stereocenters. The fourth-order valence-electron chi connectivity index (χ4n) is 3.54. The van der Waals surface area contributed by atoms with Gasteiger partial charge in [0.1, 0.15) is 5.75 Å².